The Bertz CT molecular complexity index is 395. The van der Waals surface area contributed by atoms with Gasteiger partial charge in [-0.15, -0.1) is 0 Å². The normalized spacial score (nSPS) is 17.7. The summed E-state index contributed by atoms with van der Waals surface area (Å²) < 4.78 is 1.09. The molecule has 1 aromatic rings. The molecule has 2 rings (SSSR count). The molecule has 1 aromatic carbocycles. The summed E-state index contributed by atoms with van der Waals surface area (Å²) in [4.78, 5) is 12.0. The topological polar surface area (TPSA) is 29.1 Å². The molecule has 1 aliphatic rings. The first-order chi connectivity index (χ1) is 8.65. The molecule has 1 N–H and O–H groups in total. The number of carbonyl (C=O) groups is 1. The number of amides is 1. The van der Waals surface area contributed by atoms with Gasteiger partial charge in [0.2, 0.25) is 5.91 Å². The zero-order chi connectivity index (χ0) is 13.0. The Labute approximate surface area is 117 Å². The van der Waals surface area contributed by atoms with Crippen molar-refractivity contribution in [3.63, 3.8) is 0 Å². The highest BCUT2D eigenvalue weighted by molar-refractivity contribution is 9.10. The first-order valence-corrected chi connectivity index (χ1v) is 7.49. The highest BCUT2D eigenvalue weighted by Gasteiger charge is 2.23. The minimum absolute atomic E-state index is 0.208. The molecule has 0 aliphatic heterocycles. The van der Waals surface area contributed by atoms with E-state index < -0.39 is 0 Å². The summed E-state index contributed by atoms with van der Waals surface area (Å²) in [5, 5.41) is 3.13. The van der Waals surface area contributed by atoms with E-state index in [1.165, 1.54) is 18.4 Å². The number of halogens is 1. The van der Waals surface area contributed by atoms with Gasteiger partial charge >= 0.3 is 0 Å². The average molecular weight is 310 g/mol. The number of rotatable bonds is 4. The molecule has 1 atom stereocenters. The molecule has 1 amide bonds. The zero-order valence-electron chi connectivity index (χ0n) is 10.8. The molecule has 3 heteroatoms. The van der Waals surface area contributed by atoms with E-state index in [9.17, 15) is 4.79 Å². The van der Waals surface area contributed by atoms with Crippen LogP contribution in [0.25, 0.3) is 0 Å². The predicted molar refractivity (Wildman–Crippen MR) is 77.4 cm³/mol. The second-order valence-electron chi connectivity index (χ2n) is 5.22. The number of benzene rings is 1. The van der Waals surface area contributed by atoms with Gasteiger partial charge in [-0.05, 0) is 43.9 Å². The van der Waals surface area contributed by atoms with Crippen LogP contribution in [0.15, 0.2) is 28.7 Å². The Morgan fingerprint density at radius 1 is 1.33 bits per heavy atom. The van der Waals surface area contributed by atoms with Gasteiger partial charge in [0.05, 0.1) is 0 Å². The third kappa shape index (κ3) is 3.84. The summed E-state index contributed by atoms with van der Waals surface area (Å²) in [5.41, 5.74) is 1.26. The van der Waals surface area contributed by atoms with Crippen LogP contribution in [-0.4, -0.2) is 11.9 Å². The van der Waals surface area contributed by atoms with Crippen LogP contribution >= 0.6 is 15.9 Å². The predicted octanol–water partition coefficient (Wildman–Crippen LogP) is 3.69. The van der Waals surface area contributed by atoms with Gasteiger partial charge in [-0.1, -0.05) is 40.9 Å². The van der Waals surface area contributed by atoms with Gasteiger partial charge in [0.25, 0.3) is 0 Å². The van der Waals surface area contributed by atoms with E-state index in [4.69, 9.17) is 0 Å². The maximum absolute atomic E-state index is 12.0. The molecule has 0 bridgehead atoms. The van der Waals surface area contributed by atoms with Crippen molar-refractivity contribution in [2.24, 2.45) is 5.92 Å². The quantitative estimate of drug-likeness (QED) is 0.903. The van der Waals surface area contributed by atoms with E-state index in [1.807, 2.05) is 12.1 Å². The molecule has 1 fully saturated rings. The largest absolute Gasteiger partial charge is 0.353 e. The minimum Gasteiger partial charge on any atom is -0.353 e. The fourth-order valence-electron chi connectivity index (χ4n) is 2.57. The molecule has 0 heterocycles. The Morgan fingerprint density at radius 2 is 1.94 bits per heavy atom. The van der Waals surface area contributed by atoms with Crippen LogP contribution in [0, 0.1) is 5.92 Å². The Kier molecular flexibility index (Phi) is 4.81. The molecule has 0 spiro atoms. The van der Waals surface area contributed by atoms with Crippen molar-refractivity contribution in [2.75, 3.05) is 0 Å². The van der Waals surface area contributed by atoms with Crippen molar-refractivity contribution >= 4 is 21.8 Å². The highest BCUT2D eigenvalue weighted by atomic mass is 79.9. The second kappa shape index (κ2) is 6.37. The van der Waals surface area contributed by atoms with E-state index in [1.54, 1.807) is 0 Å². The SMILES string of the molecule is C[C@@H](Cc1ccc(Br)cc1)NC(=O)C1CCCC1. The van der Waals surface area contributed by atoms with E-state index in [0.29, 0.717) is 0 Å². The van der Waals surface area contributed by atoms with Crippen LogP contribution in [0.4, 0.5) is 0 Å². The molecule has 18 heavy (non-hydrogen) atoms. The Hall–Kier alpha value is -0.830. The monoisotopic (exact) mass is 309 g/mol. The fourth-order valence-corrected chi connectivity index (χ4v) is 2.84. The van der Waals surface area contributed by atoms with Crippen molar-refractivity contribution in [3.8, 4) is 0 Å². The van der Waals surface area contributed by atoms with Crippen molar-refractivity contribution in [3.05, 3.63) is 34.3 Å². The summed E-state index contributed by atoms with van der Waals surface area (Å²) in [5.74, 6) is 0.509. The molecule has 0 saturated heterocycles. The maximum atomic E-state index is 12.0. The molecule has 1 saturated carbocycles. The highest BCUT2D eigenvalue weighted by Crippen LogP contribution is 2.24. The summed E-state index contributed by atoms with van der Waals surface area (Å²) >= 11 is 3.43. The summed E-state index contributed by atoms with van der Waals surface area (Å²) in [7, 11) is 0. The second-order valence-corrected chi connectivity index (χ2v) is 6.14. The van der Waals surface area contributed by atoms with Crippen molar-refractivity contribution < 1.29 is 4.79 Å². The standard InChI is InChI=1S/C15H20BrNO/c1-11(10-12-6-8-14(16)9-7-12)17-15(18)13-4-2-3-5-13/h6-9,11,13H,2-5,10H2,1H3,(H,17,18)/t11-/m0/s1. The van der Waals surface area contributed by atoms with Crippen LogP contribution in [0.3, 0.4) is 0 Å². The summed E-state index contributed by atoms with van der Waals surface area (Å²) in [6, 6.07) is 8.49. The van der Waals surface area contributed by atoms with Gasteiger partial charge in [-0.2, -0.15) is 0 Å². The van der Waals surface area contributed by atoms with Gasteiger partial charge in [-0.3, -0.25) is 4.79 Å². The van der Waals surface area contributed by atoms with Gasteiger partial charge in [-0.25, -0.2) is 0 Å². The van der Waals surface area contributed by atoms with Crippen LogP contribution in [-0.2, 0) is 11.2 Å². The van der Waals surface area contributed by atoms with Crippen LogP contribution in [0.2, 0.25) is 0 Å². The van der Waals surface area contributed by atoms with E-state index in [2.05, 4.69) is 40.3 Å². The first kappa shape index (κ1) is 13.6. The van der Waals surface area contributed by atoms with E-state index in [-0.39, 0.29) is 17.9 Å². The molecule has 98 valence electrons. The summed E-state index contributed by atoms with van der Waals surface area (Å²) in [6.45, 7) is 2.08. The number of nitrogens with one attached hydrogen (secondary N) is 1. The average Bonchev–Trinajstić information content (AvgIpc) is 2.85. The van der Waals surface area contributed by atoms with Gasteiger partial charge in [0, 0.05) is 16.4 Å². The molecule has 1 aliphatic carbocycles. The third-order valence-electron chi connectivity index (χ3n) is 3.57. The van der Waals surface area contributed by atoms with Crippen molar-refractivity contribution in [1.82, 2.24) is 5.32 Å². The minimum atomic E-state index is 0.208. The smallest absolute Gasteiger partial charge is 0.223 e. The lowest BCUT2D eigenvalue weighted by Gasteiger charge is -2.17. The molecular weight excluding hydrogens is 290 g/mol. The lowest BCUT2D eigenvalue weighted by molar-refractivity contribution is -0.125. The van der Waals surface area contributed by atoms with Crippen molar-refractivity contribution in [2.45, 2.75) is 45.1 Å². The number of hydrogen-bond acceptors (Lipinski definition) is 1. The summed E-state index contributed by atoms with van der Waals surface area (Å²) in [6.07, 6.45) is 5.44. The molecule has 0 radical (unpaired) electrons. The first-order valence-electron chi connectivity index (χ1n) is 6.70. The zero-order valence-corrected chi connectivity index (χ0v) is 12.4. The van der Waals surface area contributed by atoms with Crippen LogP contribution in [0.1, 0.15) is 38.2 Å². The number of carbonyl (C=O) groups excluding carboxylic acids is 1. The van der Waals surface area contributed by atoms with Crippen LogP contribution in [0.5, 0.6) is 0 Å². The van der Waals surface area contributed by atoms with Crippen LogP contribution < -0.4 is 5.32 Å². The van der Waals surface area contributed by atoms with Gasteiger partial charge < -0.3 is 5.32 Å². The molecule has 0 unspecified atom stereocenters. The molecular formula is C15H20BrNO. The number of hydrogen-bond donors (Lipinski definition) is 1. The van der Waals surface area contributed by atoms with E-state index in [0.717, 1.165) is 23.7 Å². The Morgan fingerprint density at radius 3 is 2.56 bits per heavy atom. The third-order valence-corrected chi connectivity index (χ3v) is 4.10. The maximum Gasteiger partial charge on any atom is 0.223 e. The Balaban J connectivity index is 1.82. The lowest BCUT2D eigenvalue weighted by atomic mass is 10.0. The molecule has 0 aromatic heterocycles. The lowest BCUT2D eigenvalue weighted by Crippen LogP contribution is -2.37. The fraction of sp³-hybridized carbons (Fsp3) is 0.533. The van der Waals surface area contributed by atoms with Gasteiger partial charge in [0.1, 0.15) is 0 Å². The van der Waals surface area contributed by atoms with Gasteiger partial charge in [0.15, 0.2) is 0 Å². The van der Waals surface area contributed by atoms with E-state index >= 15 is 0 Å². The molecule has 2 nitrogen and oxygen atoms in total. The van der Waals surface area contributed by atoms with Crippen molar-refractivity contribution in [1.29, 1.82) is 0 Å².